The summed E-state index contributed by atoms with van der Waals surface area (Å²) in [7, 11) is 0. The van der Waals surface area contributed by atoms with Gasteiger partial charge in [0.25, 0.3) is 0 Å². The van der Waals surface area contributed by atoms with Gasteiger partial charge >= 0.3 is 0 Å². The summed E-state index contributed by atoms with van der Waals surface area (Å²) in [5.41, 5.74) is 0. The van der Waals surface area contributed by atoms with Crippen LogP contribution in [0.3, 0.4) is 0 Å². The van der Waals surface area contributed by atoms with E-state index in [-0.39, 0.29) is 36.6 Å². The monoisotopic (exact) mass is 816 g/mol. The Bertz CT molecular complexity index is 2240. The number of hydrogen-bond donors (Lipinski definition) is 0. The van der Waals surface area contributed by atoms with Gasteiger partial charge in [0, 0.05) is 5.39 Å². The van der Waals surface area contributed by atoms with E-state index in [0.717, 1.165) is 101 Å². The predicted octanol–water partition coefficient (Wildman–Crippen LogP) is 7.19. The van der Waals surface area contributed by atoms with Crippen LogP contribution in [-0.2, 0) is 28.4 Å². The molecule has 6 aliphatic heterocycles. The summed E-state index contributed by atoms with van der Waals surface area (Å²) < 4.78 is 65.1. The van der Waals surface area contributed by atoms with Gasteiger partial charge in [0.1, 0.15) is 111 Å². The van der Waals surface area contributed by atoms with Gasteiger partial charge in [-0.2, -0.15) is 0 Å². The first-order valence-electron chi connectivity index (χ1n) is 20.7. The zero-order chi connectivity index (χ0) is 40.1. The molecule has 312 valence electrons. The van der Waals surface area contributed by atoms with E-state index in [2.05, 4.69) is 30.3 Å². The second-order valence-corrected chi connectivity index (χ2v) is 15.6. The molecular weight excluding hydrogens is 769 g/mol. The Balaban J connectivity index is 0.000000108. The number of benzene rings is 6. The van der Waals surface area contributed by atoms with Crippen LogP contribution in [0.15, 0.2) is 109 Å². The maximum absolute atomic E-state index is 5.81. The molecular formula is C48H48O12. The van der Waals surface area contributed by atoms with E-state index in [1.165, 1.54) is 5.39 Å². The first-order chi connectivity index (χ1) is 29.6. The van der Waals surface area contributed by atoms with E-state index < -0.39 is 0 Å². The van der Waals surface area contributed by atoms with Crippen molar-refractivity contribution in [3.63, 3.8) is 0 Å². The first-order valence-corrected chi connectivity index (χ1v) is 20.7. The van der Waals surface area contributed by atoms with E-state index in [9.17, 15) is 0 Å². The number of fused-ring (bicyclic) bond motifs is 3. The minimum atomic E-state index is 0.270. The molecule has 6 fully saturated rings. The highest BCUT2D eigenvalue weighted by Crippen LogP contribution is 2.31. The van der Waals surface area contributed by atoms with Crippen LogP contribution in [0.25, 0.3) is 32.3 Å². The van der Waals surface area contributed by atoms with E-state index in [1.54, 1.807) is 0 Å². The Morgan fingerprint density at radius 2 is 0.633 bits per heavy atom. The third kappa shape index (κ3) is 11.7. The molecule has 6 unspecified atom stereocenters. The summed E-state index contributed by atoms with van der Waals surface area (Å²) in [4.78, 5) is 0. The molecule has 12 nitrogen and oxygen atoms in total. The third-order valence-electron chi connectivity index (χ3n) is 10.4. The Hall–Kier alpha value is -5.34. The molecule has 6 aromatic rings. The average Bonchev–Trinajstić information content (AvgIpc) is 4.08. The van der Waals surface area contributed by atoms with Gasteiger partial charge in [0.2, 0.25) is 0 Å². The van der Waals surface area contributed by atoms with Crippen LogP contribution in [0.1, 0.15) is 0 Å². The summed E-state index contributed by atoms with van der Waals surface area (Å²) in [6.45, 7) is 8.66. The van der Waals surface area contributed by atoms with E-state index in [1.807, 2.05) is 78.9 Å². The molecule has 6 aliphatic rings. The van der Waals surface area contributed by atoms with Crippen molar-refractivity contribution >= 4 is 32.3 Å². The lowest BCUT2D eigenvalue weighted by Gasteiger charge is -2.10. The molecule has 0 saturated carbocycles. The molecule has 6 heterocycles. The van der Waals surface area contributed by atoms with E-state index in [4.69, 9.17) is 56.8 Å². The van der Waals surface area contributed by atoms with Gasteiger partial charge in [-0.3, -0.25) is 0 Å². The molecule has 0 N–H and O–H groups in total. The number of ether oxygens (including phenoxy) is 12. The van der Waals surface area contributed by atoms with E-state index in [0.29, 0.717) is 39.6 Å². The zero-order valence-electron chi connectivity index (χ0n) is 33.2. The number of epoxide rings is 6. The summed E-state index contributed by atoms with van der Waals surface area (Å²) in [6, 6.07) is 36.5. The first kappa shape index (κ1) is 38.8. The Kier molecular flexibility index (Phi) is 11.7. The summed E-state index contributed by atoms with van der Waals surface area (Å²) in [6.07, 6.45) is 1.67. The van der Waals surface area contributed by atoms with Gasteiger partial charge in [-0.1, -0.05) is 36.4 Å². The van der Waals surface area contributed by atoms with Crippen LogP contribution in [0.4, 0.5) is 0 Å². The zero-order valence-corrected chi connectivity index (χ0v) is 33.2. The van der Waals surface area contributed by atoms with Crippen LogP contribution in [-0.4, -0.2) is 116 Å². The molecule has 60 heavy (non-hydrogen) atoms. The second kappa shape index (κ2) is 18.1. The molecule has 0 amide bonds. The van der Waals surface area contributed by atoms with Crippen molar-refractivity contribution < 1.29 is 56.8 Å². The number of rotatable bonds is 18. The molecule has 0 bridgehead atoms. The van der Waals surface area contributed by atoms with Gasteiger partial charge in [0.15, 0.2) is 0 Å². The SMILES string of the molecule is c1cc(OCC2CO2)c2ccc(OCC3CO3)cc2c1.c1cc2cc(OCC3CO3)ccc2cc1OCC1CO1.c1cc2ccc(OCC3CO3)cc2cc1OCC1CO1. The van der Waals surface area contributed by atoms with Gasteiger partial charge < -0.3 is 56.8 Å². The summed E-state index contributed by atoms with van der Waals surface area (Å²) in [5.74, 6) is 5.28. The fraction of sp³-hybridized carbons (Fsp3) is 0.375. The maximum atomic E-state index is 5.81. The molecule has 6 aromatic carbocycles. The van der Waals surface area contributed by atoms with Gasteiger partial charge in [-0.25, -0.2) is 0 Å². The third-order valence-corrected chi connectivity index (χ3v) is 10.4. The topological polar surface area (TPSA) is 131 Å². The van der Waals surface area contributed by atoms with Crippen molar-refractivity contribution in [2.75, 3.05) is 79.3 Å². The molecule has 0 spiro atoms. The minimum Gasteiger partial charge on any atom is -0.491 e. The van der Waals surface area contributed by atoms with Crippen LogP contribution < -0.4 is 28.4 Å². The minimum absolute atomic E-state index is 0.270. The van der Waals surface area contributed by atoms with Gasteiger partial charge in [-0.05, 0) is 99.7 Å². The van der Waals surface area contributed by atoms with Crippen LogP contribution in [0, 0.1) is 0 Å². The van der Waals surface area contributed by atoms with Crippen LogP contribution in [0.5, 0.6) is 34.5 Å². The van der Waals surface area contributed by atoms with Crippen LogP contribution in [0.2, 0.25) is 0 Å². The Morgan fingerprint density at radius 1 is 0.317 bits per heavy atom. The van der Waals surface area contributed by atoms with Crippen molar-refractivity contribution in [3.8, 4) is 34.5 Å². The Labute approximate surface area is 347 Å². The van der Waals surface area contributed by atoms with E-state index >= 15 is 0 Å². The highest BCUT2D eigenvalue weighted by Gasteiger charge is 2.26. The van der Waals surface area contributed by atoms with Gasteiger partial charge in [0.05, 0.1) is 39.6 Å². The fourth-order valence-electron chi connectivity index (χ4n) is 6.33. The summed E-state index contributed by atoms with van der Waals surface area (Å²) in [5, 5.41) is 6.81. The highest BCUT2D eigenvalue weighted by molar-refractivity contribution is 5.89. The molecule has 12 heteroatoms. The lowest BCUT2D eigenvalue weighted by atomic mass is 10.1. The second-order valence-electron chi connectivity index (χ2n) is 15.6. The molecule has 0 aromatic heterocycles. The Morgan fingerprint density at radius 3 is 1.02 bits per heavy atom. The van der Waals surface area contributed by atoms with Gasteiger partial charge in [-0.15, -0.1) is 0 Å². The smallest absolute Gasteiger partial charge is 0.127 e. The molecule has 6 saturated heterocycles. The maximum Gasteiger partial charge on any atom is 0.127 e. The van der Waals surface area contributed by atoms with Crippen LogP contribution >= 0.6 is 0 Å². The van der Waals surface area contributed by atoms with Crippen molar-refractivity contribution in [3.05, 3.63) is 109 Å². The lowest BCUT2D eigenvalue weighted by Crippen LogP contribution is -2.05. The number of hydrogen-bond acceptors (Lipinski definition) is 12. The normalized spacial score (nSPS) is 23.6. The van der Waals surface area contributed by atoms with Crippen molar-refractivity contribution in [1.82, 2.24) is 0 Å². The standard InChI is InChI=1S/3C16H16O4/c1-3-13(17-7-15-9-19-15)6-12-2-4-14(5-11(1)12)18-8-16-10-20-16;1-3-13(17-7-15-9-19-15)5-12-6-14(4-2-11(1)12)18-8-16-10-20-16;1-2-11-6-12(17-7-13-8-18-13)4-5-15(11)16(3-1)20-10-14-9-19-14/h2*1-6,15-16H,7-10H2;1-6,13-14H,7-10H2. The van der Waals surface area contributed by atoms with Crippen molar-refractivity contribution in [1.29, 1.82) is 0 Å². The molecule has 0 aliphatic carbocycles. The molecule has 12 rings (SSSR count). The molecule has 6 atom stereocenters. The van der Waals surface area contributed by atoms with Crippen molar-refractivity contribution in [2.24, 2.45) is 0 Å². The molecule has 0 radical (unpaired) electrons. The summed E-state index contributed by atoms with van der Waals surface area (Å²) >= 11 is 0. The highest BCUT2D eigenvalue weighted by atomic mass is 16.6. The average molecular weight is 817 g/mol. The lowest BCUT2D eigenvalue weighted by molar-refractivity contribution is 0.262. The largest absolute Gasteiger partial charge is 0.491 e. The van der Waals surface area contributed by atoms with Crippen molar-refractivity contribution in [2.45, 2.75) is 36.6 Å². The predicted molar refractivity (Wildman–Crippen MR) is 223 cm³/mol. The quantitative estimate of drug-likeness (QED) is 0.0815. The fourth-order valence-corrected chi connectivity index (χ4v) is 6.33.